The lowest BCUT2D eigenvalue weighted by atomic mass is 10.1. The molecule has 0 spiro atoms. The summed E-state index contributed by atoms with van der Waals surface area (Å²) in [7, 11) is 0. The highest BCUT2D eigenvalue weighted by Gasteiger charge is 2.06. The molecule has 0 radical (unpaired) electrons. The minimum atomic E-state index is 0.676. The summed E-state index contributed by atoms with van der Waals surface area (Å²) in [6.07, 6.45) is 0. The van der Waals surface area contributed by atoms with Gasteiger partial charge in [0.25, 0.3) is 0 Å². The first kappa shape index (κ1) is 9.14. The van der Waals surface area contributed by atoms with Crippen molar-refractivity contribution in [1.29, 1.82) is 0 Å². The van der Waals surface area contributed by atoms with E-state index >= 15 is 0 Å². The first-order valence-electron chi connectivity index (χ1n) is 3.96. The fourth-order valence-electron chi connectivity index (χ4n) is 0.982. The highest BCUT2D eigenvalue weighted by atomic mass is 32.2. The second-order valence-electron chi connectivity index (χ2n) is 2.75. The first-order valence-corrected chi connectivity index (χ1v) is 5.82. The Morgan fingerprint density at radius 2 is 2.27 bits per heavy atom. The van der Waals surface area contributed by atoms with Gasteiger partial charge in [0.05, 0.1) is 4.21 Å². The fraction of sp³-hybridized carbons (Fsp3) is 0.556. The molecule has 0 aliphatic heterocycles. The van der Waals surface area contributed by atoms with Crippen LogP contribution in [0, 0.1) is 0 Å². The molecule has 0 aliphatic rings. The Kier molecular flexibility index (Phi) is 3.46. The molecule has 0 aromatic carbocycles. The third-order valence-corrected chi connectivity index (χ3v) is 3.71. The number of hydrogen-bond donors (Lipinski definition) is 0. The van der Waals surface area contributed by atoms with Crippen molar-refractivity contribution < 1.29 is 0 Å². The molecule has 0 saturated heterocycles. The van der Waals surface area contributed by atoms with Gasteiger partial charge in [-0.1, -0.05) is 20.8 Å². The van der Waals surface area contributed by atoms with Crippen molar-refractivity contribution >= 4 is 23.1 Å². The van der Waals surface area contributed by atoms with Crippen LogP contribution in [-0.2, 0) is 0 Å². The van der Waals surface area contributed by atoms with Crippen LogP contribution in [0.15, 0.2) is 15.7 Å². The van der Waals surface area contributed by atoms with Crippen molar-refractivity contribution in [2.24, 2.45) is 0 Å². The molecule has 1 aromatic heterocycles. The predicted molar refractivity (Wildman–Crippen MR) is 54.8 cm³/mol. The highest BCUT2D eigenvalue weighted by Crippen LogP contribution is 2.32. The summed E-state index contributed by atoms with van der Waals surface area (Å²) in [5.41, 5.74) is 1.52. The van der Waals surface area contributed by atoms with Crippen LogP contribution in [0.4, 0.5) is 0 Å². The Morgan fingerprint density at radius 3 is 2.82 bits per heavy atom. The van der Waals surface area contributed by atoms with Crippen molar-refractivity contribution in [2.45, 2.75) is 30.9 Å². The molecule has 1 heterocycles. The minimum Gasteiger partial charge on any atom is -0.137 e. The Balaban J connectivity index is 2.78. The van der Waals surface area contributed by atoms with Crippen molar-refractivity contribution in [3.05, 3.63) is 17.0 Å². The summed E-state index contributed by atoms with van der Waals surface area (Å²) < 4.78 is 1.50. The highest BCUT2D eigenvalue weighted by molar-refractivity contribution is 8.01. The maximum atomic E-state index is 2.25. The SMILES string of the molecule is CCSc1sccc1C(C)C. The van der Waals surface area contributed by atoms with Gasteiger partial charge in [0.2, 0.25) is 0 Å². The van der Waals surface area contributed by atoms with Crippen molar-refractivity contribution in [1.82, 2.24) is 0 Å². The lowest BCUT2D eigenvalue weighted by Gasteiger charge is -2.04. The molecule has 0 amide bonds. The van der Waals surface area contributed by atoms with Crippen LogP contribution in [0.25, 0.3) is 0 Å². The van der Waals surface area contributed by atoms with E-state index in [-0.39, 0.29) is 0 Å². The van der Waals surface area contributed by atoms with E-state index in [2.05, 4.69) is 32.2 Å². The van der Waals surface area contributed by atoms with Crippen LogP contribution in [0.2, 0.25) is 0 Å². The zero-order valence-electron chi connectivity index (χ0n) is 7.26. The molecular weight excluding hydrogens is 172 g/mol. The van der Waals surface area contributed by atoms with Crippen LogP contribution in [0.3, 0.4) is 0 Å². The molecule has 1 aromatic rings. The molecule has 2 heteroatoms. The second-order valence-corrected chi connectivity index (χ2v) is 5.20. The average Bonchev–Trinajstić information content (AvgIpc) is 2.36. The number of rotatable bonds is 3. The summed E-state index contributed by atoms with van der Waals surface area (Å²) in [5, 5.41) is 2.19. The van der Waals surface area contributed by atoms with Gasteiger partial charge in [0.15, 0.2) is 0 Å². The number of thioether (sulfide) groups is 1. The molecule has 0 nitrogen and oxygen atoms in total. The average molecular weight is 186 g/mol. The minimum absolute atomic E-state index is 0.676. The maximum absolute atomic E-state index is 2.25. The Bertz CT molecular complexity index is 213. The monoisotopic (exact) mass is 186 g/mol. The zero-order chi connectivity index (χ0) is 8.27. The van der Waals surface area contributed by atoms with Gasteiger partial charge in [-0.05, 0) is 28.7 Å². The van der Waals surface area contributed by atoms with Gasteiger partial charge in [-0.3, -0.25) is 0 Å². The molecule has 0 N–H and O–H groups in total. The molecule has 0 bridgehead atoms. The van der Waals surface area contributed by atoms with Gasteiger partial charge in [0.1, 0.15) is 0 Å². The maximum Gasteiger partial charge on any atom is 0.0633 e. The van der Waals surface area contributed by atoms with Crippen molar-refractivity contribution in [3.63, 3.8) is 0 Å². The van der Waals surface area contributed by atoms with Gasteiger partial charge in [-0.25, -0.2) is 0 Å². The van der Waals surface area contributed by atoms with E-state index in [0.29, 0.717) is 5.92 Å². The summed E-state index contributed by atoms with van der Waals surface area (Å²) in [6, 6.07) is 2.24. The van der Waals surface area contributed by atoms with Crippen molar-refractivity contribution in [2.75, 3.05) is 5.75 Å². The lowest BCUT2D eigenvalue weighted by Crippen LogP contribution is -1.84. The van der Waals surface area contributed by atoms with E-state index in [0.717, 1.165) is 0 Å². The summed E-state index contributed by atoms with van der Waals surface area (Å²) >= 11 is 3.82. The lowest BCUT2D eigenvalue weighted by molar-refractivity contribution is 0.854. The molecule has 11 heavy (non-hydrogen) atoms. The molecule has 0 saturated carbocycles. The van der Waals surface area contributed by atoms with Gasteiger partial charge in [-0.2, -0.15) is 0 Å². The molecule has 0 aliphatic carbocycles. The molecule has 0 unspecified atom stereocenters. The topological polar surface area (TPSA) is 0 Å². The van der Waals surface area contributed by atoms with Gasteiger partial charge in [-0.15, -0.1) is 23.1 Å². The van der Waals surface area contributed by atoms with E-state index < -0.39 is 0 Å². The van der Waals surface area contributed by atoms with Crippen LogP contribution in [-0.4, -0.2) is 5.75 Å². The van der Waals surface area contributed by atoms with E-state index in [1.54, 1.807) is 0 Å². The second kappa shape index (κ2) is 4.17. The normalized spacial score (nSPS) is 10.9. The first-order chi connectivity index (χ1) is 5.25. The Morgan fingerprint density at radius 1 is 1.55 bits per heavy atom. The van der Waals surface area contributed by atoms with Crippen LogP contribution in [0.5, 0.6) is 0 Å². The van der Waals surface area contributed by atoms with Gasteiger partial charge in [0, 0.05) is 0 Å². The summed E-state index contributed by atoms with van der Waals surface area (Å²) in [6.45, 7) is 6.71. The molecule has 0 fully saturated rings. The van der Waals surface area contributed by atoms with E-state index in [1.807, 2.05) is 23.1 Å². The third-order valence-electron chi connectivity index (χ3n) is 1.56. The van der Waals surface area contributed by atoms with E-state index in [4.69, 9.17) is 0 Å². The van der Waals surface area contributed by atoms with Crippen molar-refractivity contribution in [3.8, 4) is 0 Å². The molecule has 62 valence electrons. The van der Waals surface area contributed by atoms with Crippen LogP contribution >= 0.6 is 23.1 Å². The summed E-state index contributed by atoms with van der Waals surface area (Å²) in [5.74, 6) is 1.86. The number of hydrogen-bond acceptors (Lipinski definition) is 2. The Hall–Kier alpha value is 0.0500. The molecular formula is C9H14S2. The predicted octanol–water partition coefficient (Wildman–Crippen LogP) is 3.98. The smallest absolute Gasteiger partial charge is 0.0633 e. The third kappa shape index (κ3) is 2.24. The number of thiophene rings is 1. The Labute approximate surface area is 77.0 Å². The largest absolute Gasteiger partial charge is 0.137 e. The quantitative estimate of drug-likeness (QED) is 0.643. The zero-order valence-corrected chi connectivity index (χ0v) is 8.89. The molecule has 0 atom stereocenters. The van der Waals surface area contributed by atoms with Crippen LogP contribution in [0.1, 0.15) is 32.3 Å². The standard InChI is InChI=1S/C9H14S2/c1-4-10-9-8(7(2)3)5-6-11-9/h5-7H,4H2,1-3H3. The summed E-state index contributed by atoms with van der Waals surface area (Å²) in [4.78, 5) is 0. The van der Waals surface area contributed by atoms with E-state index in [9.17, 15) is 0 Å². The van der Waals surface area contributed by atoms with Crippen LogP contribution < -0.4 is 0 Å². The van der Waals surface area contributed by atoms with E-state index in [1.165, 1.54) is 15.5 Å². The molecule has 1 rings (SSSR count). The van der Waals surface area contributed by atoms with Gasteiger partial charge >= 0.3 is 0 Å². The fourth-order valence-corrected chi connectivity index (χ4v) is 3.28. The van der Waals surface area contributed by atoms with Gasteiger partial charge < -0.3 is 0 Å².